The standard InChI is InChI=1S/C14H16N2O2S3/c1-2-11-6-7-12(20-11)9-16-21(17,18)13-5-3-4-10(8-13)14(15)19/h3-8,16H,2,9H2,1H3,(H2,15,19). The highest BCUT2D eigenvalue weighted by Crippen LogP contribution is 2.18. The molecular formula is C14H16N2O2S3. The molecule has 0 saturated carbocycles. The van der Waals surface area contributed by atoms with Crippen molar-refractivity contribution < 1.29 is 8.42 Å². The summed E-state index contributed by atoms with van der Waals surface area (Å²) in [4.78, 5) is 2.57. The Labute approximate surface area is 134 Å². The lowest BCUT2D eigenvalue weighted by Gasteiger charge is -2.07. The quantitative estimate of drug-likeness (QED) is 0.792. The van der Waals surface area contributed by atoms with Crippen molar-refractivity contribution in [2.24, 2.45) is 5.73 Å². The van der Waals surface area contributed by atoms with Crippen LogP contribution in [0.2, 0.25) is 0 Å². The molecule has 0 aliphatic rings. The van der Waals surface area contributed by atoms with Gasteiger partial charge < -0.3 is 5.73 Å². The highest BCUT2D eigenvalue weighted by Gasteiger charge is 2.15. The summed E-state index contributed by atoms with van der Waals surface area (Å²) >= 11 is 6.48. The number of thiophene rings is 1. The van der Waals surface area contributed by atoms with Gasteiger partial charge in [-0.3, -0.25) is 0 Å². The lowest BCUT2D eigenvalue weighted by molar-refractivity contribution is 0.582. The van der Waals surface area contributed by atoms with Crippen molar-refractivity contribution in [1.82, 2.24) is 4.72 Å². The Hall–Kier alpha value is -1.28. The molecule has 4 nitrogen and oxygen atoms in total. The highest BCUT2D eigenvalue weighted by atomic mass is 32.2. The fourth-order valence-corrected chi connectivity index (χ4v) is 3.94. The van der Waals surface area contributed by atoms with Crippen LogP contribution in [0.4, 0.5) is 0 Å². The van der Waals surface area contributed by atoms with Gasteiger partial charge in [-0.05, 0) is 30.7 Å². The molecule has 0 saturated heterocycles. The molecule has 1 heterocycles. The van der Waals surface area contributed by atoms with E-state index in [4.69, 9.17) is 18.0 Å². The molecule has 0 spiro atoms. The summed E-state index contributed by atoms with van der Waals surface area (Å²) in [5, 5.41) is 0. The number of nitrogens with two attached hydrogens (primary N) is 1. The Balaban J connectivity index is 2.14. The monoisotopic (exact) mass is 340 g/mol. The fraction of sp³-hybridized carbons (Fsp3) is 0.214. The first-order valence-corrected chi connectivity index (χ1v) is 9.10. The second kappa shape index (κ2) is 6.65. The first-order chi connectivity index (χ1) is 9.92. The van der Waals surface area contributed by atoms with E-state index in [1.807, 2.05) is 12.1 Å². The number of hydrogen-bond donors (Lipinski definition) is 2. The van der Waals surface area contributed by atoms with Crippen molar-refractivity contribution >= 4 is 38.6 Å². The van der Waals surface area contributed by atoms with E-state index in [2.05, 4.69) is 11.6 Å². The van der Waals surface area contributed by atoms with Crippen molar-refractivity contribution in [2.75, 3.05) is 0 Å². The average molecular weight is 340 g/mol. The van der Waals surface area contributed by atoms with Gasteiger partial charge in [-0.25, -0.2) is 13.1 Å². The topological polar surface area (TPSA) is 72.2 Å². The summed E-state index contributed by atoms with van der Waals surface area (Å²) in [6.45, 7) is 2.35. The smallest absolute Gasteiger partial charge is 0.240 e. The van der Waals surface area contributed by atoms with Gasteiger partial charge in [0.1, 0.15) is 4.99 Å². The molecule has 0 amide bonds. The summed E-state index contributed by atoms with van der Waals surface area (Å²) in [7, 11) is -3.57. The fourth-order valence-electron chi connectivity index (χ4n) is 1.77. The molecular weight excluding hydrogens is 324 g/mol. The van der Waals surface area contributed by atoms with Crippen LogP contribution in [0.3, 0.4) is 0 Å². The molecule has 21 heavy (non-hydrogen) atoms. The van der Waals surface area contributed by atoms with Crippen molar-refractivity contribution in [3.63, 3.8) is 0 Å². The zero-order chi connectivity index (χ0) is 15.5. The lowest BCUT2D eigenvalue weighted by atomic mass is 10.2. The molecule has 112 valence electrons. The molecule has 1 aromatic heterocycles. The molecule has 1 aromatic carbocycles. The van der Waals surface area contributed by atoms with Gasteiger partial charge in [-0.15, -0.1) is 11.3 Å². The van der Waals surface area contributed by atoms with Gasteiger partial charge in [0.25, 0.3) is 0 Å². The number of rotatable bonds is 6. The van der Waals surface area contributed by atoms with Crippen LogP contribution < -0.4 is 10.5 Å². The summed E-state index contributed by atoms with van der Waals surface area (Å²) < 4.78 is 27.1. The van der Waals surface area contributed by atoms with E-state index in [9.17, 15) is 8.42 Å². The van der Waals surface area contributed by atoms with E-state index >= 15 is 0 Å². The number of thiocarbonyl (C=S) groups is 1. The molecule has 0 radical (unpaired) electrons. The first kappa shape index (κ1) is 16.1. The van der Waals surface area contributed by atoms with Gasteiger partial charge in [0.2, 0.25) is 10.0 Å². The summed E-state index contributed by atoms with van der Waals surface area (Å²) in [5.74, 6) is 0. The molecule has 0 unspecified atom stereocenters. The van der Waals surface area contributed by atoms with Gasteiger partial charge in [0.05, 0.1) is 4.90 Å². The van der Waals surface area contributed by atoms with Crippen LogP contribution >= 0.6 is 23.6 Å². The largest absolute Gasteiger partial charge is 0.389 e. The van der Waals surface area contributed by atoms with E-state index in [-0.39, 0.29) is 16.4 Å². The minimum Gasteiger partial charge on any atom is -0.389 e. The van der Waals surface area contributed by atoms with E-state index in [1.54, 1.807) is 23.5 Å². The number of hydrogen-bond acceptors (Lipinski definition) is 4. The minimum absolute atomic E-state index is 0.167. The maximum atomic E-state index is 12.3. The predicted molar refractivity (Wildman–Crippen MR) is 90.1 cm³/mol. The molecule has 2 aromatic rings. The molecule has 0 atom stereocenters. The van der Waals surface area contributed by atoms with E-state index in [0.29, 0.717) is 5.56 Å². The zero-order valence-corrected chi connectivity index (χ0v) is 13.9. The Morgan fingerprint density at radius 3 is 2.62 bits per heavy atom. The van der Waals surface area contributed by atoms with Gasteiger partial charge in [0, 0.05) is 21.9 Å². The third-order valence-electron chi connectivity index (χ3n) is 2.93. The van der Waals surface area contributed by atoms with Gasteiger partial charge >= 0.3 is 0 Å². The summed E-state index contributed by atoms with van der Waals surface area (Å²) in [6, 6.07) is 10.3. The molecule has 0 aliphatic carbocycles. The second-order valence-electron chi connectivity index (χ2n) is 4.44. The second-order valence-corrected chi connectivity index (χ2v) is 7.90. The maximum absolute atomic E-state index is 12.3. The summed E-state index contributed by atoms with van der Waals surface area (Å²) in [6.07, 6.45) is 0.952. The van der Waals surface area contributed by atoms with Gasteiger partial charge in [-0.1, -0.05) is 31.3 Å². The van der Waals surface area contributed by atoms with Crippen molar-refractivity contribution in [1.29, 1.82) is 0 Å². The Morgan fingerprint density at radius 2 is 2.00 bits per heavy atom. The molecule has 0 bridgehead atoms. The number of benzene rings is 1. The van der Waals surface area contributed by atoms with Gasteiger partial charge in [0.15, 0.2) is 0 Å². The van der Waals surface area contributed by atoms with Crippen molar-refractivity contribution in [3.05, 3.63) is 51.7 Å². The van der Waals surface area contributed by atoms with Crippen molar-refractivity contribution in [2.45, 2.75) is 24.8 Å². The molecule has 7 heteroatoms. The third kappa shape index (κ3) is 4.10. The summed E-state index contributed by atoms with van der Waals surface area (Å²) in [5.41, 5.74) is 6.07. The normalized spacial score (nSPS) is 11.5. The van der Waals surface area contributed by atoms with Crippen LogP contribution in [0.5, 0.6) is 0 Å². The third-order valence-corrected chi connectivity index (χ3v) is 5.80. The maximum Gasteiger partial charge on any atom is 0.240 e. The Kier molecular flexibility index (Phi) is 5.10. The van der Waals surface area contributed by atoms with Crippen LogP contribution in [-0.2, 0) is 23.0 Å². The zero-order valence-electron chi connectivity index (χ0n) is 11.5. The van der Waals surface area contributed by atoms with Crippen LogP contribution in [0, 0.1) is 0 Å². The van der Waals surface area contributed by atoms with E-state index < -0.39 is 10.0 Å². The van der Waals surface area contributed by atoms with Crippen LogP contribution in [0.15, 0.2) is 41.3 Å². The minimum atomic E-state index is -3.57. The number of sulfonamides is 1. The molecule has 3 N–H and O–H groups in total. The van der Waals surface area contributed by atoms with E-state index in [0.717, 1.165) is 11.3 Å². The molecule has 2 rings (SSSR count). The number of nitrogens with one attached hydrogen (secondary N) is 1. The Morgan fingerprint density at radius 1 is 1.29 bits per heavy atom. The van der Waals surface area contributed by atoms with Crippen molar-refractivity contribution in [3.8, 4) is 0 Å². The van der Waals surface area contributed by atoms with Crippen LogP contribution in [0.1, 0.15) is 22.2 Å². The van der Waals surface area contributed by atoms with Crippen LogP contribution in [-0.4, -0.2) is 13.4 Å². The Bertz CT molecular complexity index is 751. The predicted octanol–water partition coefficient (Wildman–Crippen LogP) is 2.42. The van der Waals surface area contributed by atoms with Crippen LogP contribution in [0.25, 0.3) is 0 Å². The van der Waals surface area contributed by atoms with Gasteiger partial charge in [-0.2, -0.15) is 0 Å². The first-order valence-electron chi connectivity index (χ1n) is 6.39. The molecule has 0 aliphatic heterocycles. The SMILES string of the molecule is CCc1ccc(CNS(=O)(=O)c2cccc(C(N)=S)c2)s1. The average Bonchev–Trinajstić information content (AvgIpc) is 2.93. The highest BCUT2D eigenvalue weighted by molar-refractivity contribution is 7.89. The lowest BCUT2D eigenvalue weighted by Crippen LogP contribution is -2.23. The van der Waals surface area contributed by atoms with E-state index in [1.165, 1.54) is 17.0 Å². The number of aryl methyl sites for hydroxylation is 1. The molecule has 0 fully saturated rings.